The summed E-state index contributed by atoms with van der Waals surface area (Å²) in [7, 11) is -2.22. The predicted octanol–water partition coefficient (Wildman–Crippen LogP) is 2.98. The average molecular weight is 371 g/mol. The molecule has 1 aromatic carbocycles. The zero-order valence-electron chi connectivity index (χ0n) is 12.5. The summed E-state index contributed by atoms with van der Waals surface area (Å²) in [5.74, 6) is 0.143. The van der Waals surface area contributed by atoms with Gasteiger partial charge in [-0.05, 0) is 50.6 Å². The Kier molecular flexibility index (Phi) is 5.60. The number of halogens is 4. The van der Waals surface area contributed by atoms with Crippen LogP contribution in [0.5, 0.6) is 0 Å². The van der Waals surface area contributed by atoms with Crippen molar-refractivity contribution in [2.45, 2.75) is 23.9 Å². The van der Waals surface area contributed by atoms with Crippen molar-refractivity contribution >= 4 is 21.6 Å². The fourth-order valence-corrected chi connectivity index (χ4v) is 4.65. The van der Waals surface area contributed by atoms with Gasteiger partial charge in [0.25, 0.3) is 0 Å². The van der Waals surface area contributed by atoms with Gasteiger partial charge in [-0.3, -0.25) is 0 Å². The normalized spacial score (nSPS) is 20.7. The summed E-state index contributed by atoms with van der Waals surface area (Å²) in [6.07, 6.45) is -3.08. The number of alkyl halides is 3. The van der Waals surface area contributed by atoms with Crippen LogP contribution in [0.2, 0.25) is 5.02 Å². The molecule has 1 atom stereocenters. The highest BCUT2D eigenvalue weighted by Gasteiger charge is 2.35. The molecule has 1 heterocycles. The van der Waals surface area contributed by atoms with Crippen LogP contribution in [0, 0.1) is 5.92 Å². The van der Waals surface area contributed by atoms with E-state index >= 15 is 0 Å². The molecular formula is C14H18ClF3N2O2S. The summed E-state index contributed by atoms with van der Waals surface area (Å²) in [6.45, 7) is 1.25. The van der Waals surface area contributed by atoms with E-state index in [1.807, 2.05) is 0 Å². The van der Waals surface area contributed by atoms with Gasteiger partial charge >= 0.3 is 6.18 Å². The van der Waals surface area contributed by atoms with Crippen molar-refractivity contribution in [2.75, 3.05) is 26.7 Å². The van der Waals surface area contributed by atoms with Crippen molar-refractivity contribution < 1.29 is 21.6 Å². The molecule has 0 aliphatic carbocycles. The highest BCUT2D eigenvalue weighted by atomic mass is 35.5. The summed E-state index contributed by atoms with van der Waals surface area (Å²) < 4.78 is 65.1. The molecule has 1 N–H and O–H groups in total. The van der Waals surface area contributed by atoms with Crippen LogP contribution >= 0.6 is 11.6 Å². The standard InChI is InChI=1S/C14H18ClF3N2O2S/c1-19-8-10-3-2-4-20(9-10)23(21,22)13-6-11(14(16,17)18)5-12(15)7-13/h5-7,10,19H,2-4,8-9H2,1H3. The van der Waals surface area contributed by atoms with Crippen molar-refractivity contribution in [2.24, 2.45) is 5.92 Å². The second-order valence-electron chi connectivity index (χ2n) is 5.60. The van der Waals surface area contributed by atoms with E-state index in [2.05, 4.69) is 5.32 Å². The summed E-state index contributed by atoms with van der Waals surface area (Å²) in [5, 5.41) is 2.75. The quantitative estimate of drug-likeness (QED) is 0.886. The number of hydrogen-bond acceptors (Lipinski definition) is 3. The van der Waals surface area contributed by atoms with E-state index in [1.54, 1.807) is 7.05 Å². The highest BCUT2D eigenvalue weighted by Crippen LogP contribution is 2.34. The van der Waals surface area contributed by atoms with Gasteiger partial charge in [-0.15, -0.1) is 0 Å². The molecule has 1 aliphatic heterocycles. The molecule has 0 radical (unpaired) electrons. The van der Waals surface area contributed by atoms with Gasteiger partial charge < -0.3 is 5.32 Å². The largest absolute Gasteiger partial charge is 0.416 e. The Balaban J connectivity index is 2.34. The summed E-state index contributed by atoms with van der Waals surface area (Å²) >= 11 is 5.69. The third kappa shape index (κ3) is 4.37. The Hall–Kier alpha value is -0.830. The lowest BCUT2D eigenvalue weighted by Crippen LogP contribution is -2.42. The number of hydrogen-bond donors (Lipinski definition) is 1. The van der Waals surface area contributed by atoms with Gasteiger partial charge in [0.15, 0.2) is 0 Å². The fraction of sp³-hybridized carbons (Fsp3) is 0.571. The average Bonchev–Trinajstić information content (AvgIpc) is 2.46. The molecule has 9 heteroatoms. The van der Waals surface area contributed by atoms with Gasteiger partial charge in [0.05, 0.1) is 10.5 Å². The Labute approximate surface area is 138 Å². The molecule has 0 amide bonds. The zero-order valence-corrected chi connectivity index (χ0v) is 14.1. The van der Waals surface area contributed by atoms with E-state index in [9.17, 15) is 21.6 Å². The molecule has 0 bridgehead atoms. The molecule has 0 spiro atoms. The lowest BCUT2D eigenvalue weighted by atomic mass is 10.00. The Morgan fingerprint density at radius 3 is 2.65 bits per heavy atom. The highest BCUT2D eigenvalue weighted by molar-refractivity contribution is 7.89. The van der Waals surface area contributed by atoms with Crippen LogP contribution < -0.4 is 5.32 Å². The van der Waals surface area contributed by atoms with E-state index < -0.39 is 26.7 Å². The van der Waals surface area contributed by atoms with Crippen LogP contribution in [0.4, 0.5) is 13.2 Å². The van der Waals surface area contributed by atoms with Gasteiger partial charge in [0.1, 0.15) is 0 Å². The molecule has 2 rings (SSSR count). The van der Waals surface area contributed by atoms with Crippen molar-refractivity contribution in [3.05, 3.63) is 28.8 Å². The van der Waals surface area contributed by atoms with Gasteiger partial charge in [-0.2, -0.15) is 17.5 Å². The minimum Gasteiger partial charge on any atom is -0.319 e. The Bertz CT molecular complexity index is 662. The number of piperidine rings is 1. The molecule has 23 heavy (non-hydrogen) atoms. The maximum Gasteiger partial charge on any atom is 0.416 e. The van der Waals surface area contributed by atoms with Gasteiger partial charge in [0, 0.05) is 18.1 Å². The van der Waals surface area contributed by atoms with Crippen LogP contribution in [0.3, 0.4) is 0 Å². The SMILES string of the molecule is CNCC1CCCN(S(=O)(=O)c2cc(Cl)cc(C(F)(F)F)c2)C1. The topological polar surface area (TPSA) is 49.4 Å². The second kappa shape index (κ2) is 6.96. The van der Waals surface area contributed by atoms with E-state index in [0.29, 0.717) is 25.6 Å². The molecule has 1 fully saturated rings. The Morgan fingerprint density at radius 2 is 2.04 bits per heavy atom. The second-order valence-corrected chi connectivity index (χ2v) is 7.98. The minimum absolute atomic E-state index is 0.143. The smallest absolute Gasteiger partial charge is 0.319 e. The van der Waals surface area contributed by atoms with E-state index in [0.717, 1.165) is 18.6 Å². The van der Waals surface area contributed by atoms with Crippen molar-refractivity contribution in [1.82, 2.24) is 9.62 Å². The van der Waals surface area contributed by atoms with E-state index in [1.165, 1.54) is 4.31 Å². The number of nitrogens with one attached hydrogen (secondary N) is 1. The predicted molar refractivity (Wildman–Crippen MR) is 81.9 cm³/mol. The first-order valence-electron chi connectivity index (χ1n) is 7.17. The number of nitrogens with zero attached hydrogens (tertiary/aromatic N) is 1. The maximum atomic E-state index is 12.9. The van der Waals surface area contributed by atoms with Crippen molar-refractivity contribution in [3.63, 3.8) is 0 Å². The first kappa shape index (κ1) is 18.5. The van der Waals surface area contributed by atoms with Crippen LogP contribution in [-0.2, 0) is 16.2 Å². The maximum absolute atomic E-state index is 12.9. The van der Waals surface area contributed by atoms with Crippen LogP contribution in [0.15, 0.2) is 23.1 Å². The number of benzene rings is 1. The zero-order chi connectivity index (χ0) is 17.3. The van der Waals surface area contributed by atoms with E-state index in [4.69, 9.17) is 11.6 Å². The monoisotopic (exact) mass is 370 g/mol. The van der Waals surface area contributed by atoms with Gasteiger partial charge in [-0.25, -0.2) is 8.42 Å². The lowest BCUT2D eigenvalue weighted by Gasteiger charge is -2.32. The molecule has 1 aromatic rings. The molecule has 0 saturated carbocycles. The van der Waals surface area contributed by atoms with E-state index in [-0.39, 0.29) is 17.5 Å². The molecule has 1 aliphatic rings. The van der Waals surface area contributed by atoms with Gasteiger partial charge in [0.2, 0.25) is 10.0 Å². The molecule has 130 valence electrons. The summed E-state index contributed by atoms with van der Waals surface area (Å²) in [5.41, 5.74) is -1.06. The Morgan fingerprint density at radius 1 is 1.35 bits per heavy atom. The fourth-order valence-electron chi connectivity index (χ4n) is 2.72. The number of sulfonamides is 1. The third-order valence-corrected chi connectivity index (χ3v) is 5.87. The lowest BCUT2D eigenvalue weighted by molar-refractivity contribution is -0.137. The first-order chi connectivity index (χ1) is 10.6. The molecule has 1 saturated heterocycles. The van der Waals surface area contributed by atoms with Crippen LogP contribution in [-0.4, -0.2) is 39.4 Å². The minimum atomic E-state index is -4.65. The van der Waals surface area contributed by atoms with Crippen LogP contribution in [0.1, 0.15) is 18.4 Å². The third-order valence-electron chi connectivity index (χ3n) is 3.81. The van der Waals surface area contributed by atoms with Crippen LogP contribution in [0.25, 0.3) is 0 Å². The van der Waals surface area contributed by atoms with Crippen molar-refractivity contribution in [1.29, 1.82) is 0 Å². The van der Waals surface area contributed by atoms with Crippen molar-refractivity contribution in [3.8, 4) is 0 Å². The van der Waals surface area contributed by atoms with Gasteiger partial charge in [-0.1, -0.05) is 11.6 Å². The molecule has 0 aromatic heterocycles. The molecular weight excluding hydrogens is 353 g/mol. The molecule has 4 nitrogen and oxygen atoms in total. The summed E-state index contributed by atoms with van der Waals surface area (Å²) in [6, 6.07) is 2.43. The summed E-state index contributed by atoms with van der Waals surface area (Å²) in [4.78, 5) is -0.414. The number of rotatable bonds is 4. The molecule has 1 unspecified atom stereocenters. The first-order valence-corrected chi connectivity index (χ1v) is 8.99.